The molecule has 1 N–H and O–H groups in total. The highest BCUT2D eigenvalue weighted by molar-refractivity contribution is 5.29. The normalized spacial score (nSPS) is 19.7. The van der Waals surface area contributed by atoms with E-state index in [-0.39, 0.29) is 0 Å². The molecule has 1 aromatic heterocycles. The molecule has 1 aliphatic heterocycles. The van der Waals surface area contributed by atoms with Crippen molar-refractivity contribution >= 4 is 5.82 Å². The number of likely N-dealkylation sites (N-methyl/N-ethyl adjacent to an activating group) is 1. The average Bonchev–Trinajstić information content (AvgIpc) is 2.40. The number of hydrogen-bond donors (Lipinski definition) is 1. The second kappa shape index (κ2) is 6.66. The van der Waals surface area contributed by atoms with Gasteiger partial charge in [-0.3, -0.25) is 9.88 Å². The van der Waals surface area contributed by atoms with Gasteiger partial charge in [0.2, 0.25) is 0 Å². The molecule has 1 fully saturated rings. The molecule has 0 aliphatic carbocycles. The van der Waals surface area contributed by atoms with Gasteiger partial charge in [0.15, 0.2) is 0 Å². The molecule has 5 nitrogen and oxygen atoms in total. The number of aromatic nitrogens is 2. The Morgan fingerprint density at radius 1 is 1.28 bits per heavy atom. The van der Waals surface area contributed by atoms with Crippen molar-refractivity contribution in [2.45, 2.75) is 19.4 Å². The third kappa shape index (κ3) is 3.92. The SMILES string of the molecule is C[C@@H](CCNc1cnccn1)N1CCN(C)CC1. The van der Waals surface area contributed by atoms with E-state index in [2.05, 4.69) is 39.1 Å². The molecule has 100 valence electrons. The first-order valence-corrected chi connectivity index (χ1v) is 6.68. The fraction of sp³-hybridized carbons (Fsp3) is 0.692. The Kier molecular flexibility index (Phi) is 4.90. The third-order valence-corrected chi connectivity index (χ3v) is 3.59. The second-order valence-electron chi connectivity index (χ2n) is 4.99. The van der Waals surface area contributed by atoms with E-state index in [1.807, 2.05) is 0 Å². The Labute approximate surface area is 109 Å². The van der Waals surface area contributed by atoms with Crippen LogP contribution in [0.4, 0.5) is 5.82 Å². The minimum Gasteiger partial charge on any atom is -0.369 e. The summed E-state index contributed by atoms with van der Waals surface area (Å²) in [4.78, 5) is 13.2. The molecule has 0 spiro atoms. The highest BCUT2D eigenvalue weighted by atomic mass is 15.3. The molecule has 0 amide bonds. The fourth-order valence-electron chi connectivity index (χ4n) is 2.24. The van der Waals surface area contributed by atoms with Gasteiger partial charge >= 0.3 is 0 Å². The molecule has 0 saturated carbocycles. The lowest BCUT2D eigenvalue weighted by Crippen LogP contribution is -2.48. The summed E-state index contributed by atoms with van der Waals surface area (Å²) in [6.07, 6.45) is 6.31. The van der Waals surface area contributed by atoms with Gasteiger partial charge in [-0.25, -0.2) is 4.98 Å². The molecule has 1 aliphatic rings. The number of anilines is 1. The second-order valence-corrected chi connectivity index (χ2v) is 4.99. The van der Waals surface area contributed by atoms with E-state index in [0.717, 1.165) is 18.8 Å². The molecule has 1 atom stereocenters. The van der Waals surface area contributed by atoms with Crippen LogP contribution in [0.15, 0.2) is 18.6 Å². The van der Waals surface area contributed by atoms with Crippen molar-refractivity contribution in [3.8, 4) is 0 Å². The first-order chi connectivity index (χ1) is 8.75. The predicted octanol–water partition coefficient (Wildman–Crippen LogP) is 0.914. The zero-order valence-electron chi connectivity index (χ0n) is 11.3. The van der Waals surface area contributed by atoms with Crippen molar-refractivity contribution in [3.63, 3.8) is 0 Å². The average molecular weight is 249 g/mol. The highest BCUT2D eigenvalue weighted by Crippen LogP contribution is 2.08. The Hall–Kier alpha value is -1.20. The van der Waals surface area contributed by atoms with Crippen LogP contribution in [0.3, 0.4) is 0 Å². The van der Waals surface area contributed by atoms with Crippen molar-refractivity contribution in [1.82, 2.24) is 19.8 Å². The summed E-state index contributed by atoms with van der Waals surface area (Å²) in [5, 5.41) is 3.31. The number of rotatable bonds is 5. The van der Waals surface area contributed by atoms with E-state index in [0.29, 0.717) is 6.04 Å². The summed E-state index contributed by atoms with van der Waals surface area (Å²) in [6.45, 7) is 7.99. The maximum atomic E-state index is 4.20. The Bertz CT molecular complexity index is 334. The number of nitrogens with one attached hydrogen (secondary N) is 1. The first-order valence-electron chi connectivity index (χ1n) is 6.68. The molecule has 2 rings (SSSR count). The van der Waals surface area contributed by atoms with Crippen LogP contribution >= 0.6 is 0 Å². The Balaban J connectivity index is 1.67. The van der Waals surface area contributed by atoms with Crippen molar-refractivity contribution in [1.29, 1.82) is 0 Å². The predicted molar refractivity (Wildman–Crippen MR) is 73.7 cm³/mol. The molecular formula is C13H23N5. The summed E-state index contributed by atoms with van der Waals surface area (Å²) in [6, 6.07) is 0.628. The van der Waals surface area contributed by atoms with Gasteiger partial charge in [-0.2, -0.15) is 0 Å². The minimum absolute atomic E-state index is 0.628. The van der Waals surface area contributed by atoms with Crippen LogP contribution in [0, 0.1) is 0 Å². The first kappa shape index (κ1) is 13.2. The highest BCUT2D eigenvalue weighted by Gasteiger charge is 2.18. The lowest BCUT2D eigenvalue weighted by molar-refractivity contribution is 0.116. The van der Waals surface area contributed by atoms with Gasteiger partial charge in [-0.1, -0.05) is 0 Å². The topological polar surface area (TPSA) is 44.3 Å². The van der Waals surface area contributed by atoms with Gasteiger partial charge < -0.3 is 10.2 Å². The molecule has 0 bridgehead atoms. The van der Waals surface area contributed by atoms with Crippen LogP contribution in [0.5, 0.6) is 0 Å². The van der Waals surface area contributed by atoms with E-state index >= 15 is 0 Å². The summed E-state index contributed by atoms with van der Waals surface area (Å²) >= 11 is 0. The smallest absolute Gasteiger partial charge is 0.144 e. The van der Waals surface area contributed by atoms with Gasteiger partial charge in [-0.05, 0) is 20.4 Å². The summed E-state index contributed by atoms with van der Waals surface area (Å²) < 4.78 is 0. The summed E-state index contributed by atoms with van der Waals surface area (Å²) in [7, 11) is 2.19. The maximum Gasteiger partial charge on any atom is 0.144 e. The molecule has 1 saturated heterocycles. The quantitative estimate of drug-likeness (QED) is 0.840. The third-order valence-electron chi connectivity index (χ3n) is 3.59. The van der Waals surface area contributed by atoms with Crippen molar-refractivity contribution < 1.29 is 0 Å². The monoisotopic (exact) mass is 249 g/mol. The van der Waals surface area contributed by atoms with E-state index < -0.39 is 0 Å². The van der Waals surface area contributed by atoms with Crippen molar-refractivity contribution in [2.24, 2.45) is 0 Å². The van der Waals surface area contributed by atoms with Crippen LogP contribution in [-0.4, -0.2) is 65.6 Å². The molecule has 0 unspecified atom stereocenters. The molecule has 0 radical (unpaired) electrons. The Morgan fingerprint density at radius 3 is 2.72 bits per heavy atom. The zero-order chi connectivity index (χ0) is 12.8. The molecule has 1 aromatic rings. The Morgan fingerprint density at radius 2 is 2.06 bits per heavy atom. The molecule has 5 heteroatoms. The molecule has 2 heterocycles. The van der Waals surface area contributed by atoms with Crippen LogP contribution in [-0.2, 0) is 0 Å². The van der Waals surface area contributed by atoms with E-state index in [4.69, 9.17) is 0 Å². The minimum atomic E-state index is 0.628. The van der Waals surface area contributed by atoms with Crippen LogP contribution < -0.4 is 5.32 Å². The van der Waals surface area contributed by atoms with Gasteiger partial charge in [0.05, 0.1) is 6.20 Å². The number of piperazine rings is 1. The lowest BCUT2D eigenvalue weighted by atomic mass is 10.1. The maximum absolute atomic E-state index is 4.20. The summed E-state index contributed by atoms with van der Waals surface area (Å²) in [5.74, 6) is 0.864. The van der Waals surface area contributed by atoms with Gasteiger partial charge in [-0.15, -0.1) is 0 Å². The lowest BCUT2D eigenvalue weighted by Gasteiger charge is -2.36. The van der Waals surface area contributed by atoms with Gasteiger partial charge in [0, 0.05) is 51.2 Å². The standard InChI is InChI=1S/C13H23N5/c1-12(18-9-7-17(2)8-10-18)3-4-15-13-11-14-5-6-16-13/h5-6,11-12H,3-4,7-10H2,1-2H3,(H,15,16)/t12-/m0/s1. The van der Waals surface area contributed by atoms with Crippen LogP contribution in [0.1, 0.15) is 13.3 Å². The molecular weight excluding hydrogens is 226 g/mol. The zero-order valence-corrected chi connectivity index (χ0v) is 11.3. The van der Waals surface area contributed by atoms with E-state index in [1.54, 1.807) is 18.6 Å². The van der Waals surface area contributed by atoms with Crippen LogP contribution in [0.2, 0.25) is 0 Å². The summed E-state index contributed by atoms with van der Waals surface area (Å²) in [5.41, 5.74) is 0. The number of hydrogen-bond acceptors (Lipinski definition) is 5. The van der Waals surface area contributed by atoms with Crippen molar-refractivity contribution in [2.75, 3.05) is 45.1 Å². The molecule has 0 aromatic carbocycles. The largest absolute Gasteiger partial charge is 0.369 e. The van der Waals surface area contributed by atoms with Gasteiger partial charge in [0.25, 0.3) is 0 Å². The van der Waals surface area contributed by atoms with Crippen molar-refractivity contribution in [3.05, 3.63) is 18.6 Å². The van der Waals surface area contributed by atoms with E-state index in [1.165, 1.54) is 26.2 Å². The molecule has 18 heavy (non-hydrogen) atoms. The van der Waals surface area contributed by atoms with Crippen LogP contribution in [0.25, 0.3) is 0 Å². The van der Waals surface area contributed by atoms with Gasteiger partial charge in [0.1, 0.15) is 5.82 Å². The fourth-order valence-corrected chi connectivity index (χ4v) is 2.24. The number of nitrogens with zero attached hydrogens (tertiary/aromatic N) is 4. The van der Waals surface area contributed by atoms with E-state index in [9.17, 15) is 0 Å².